The molecule has 6 heteroatoms. The molecule has 0 spiro atoms. The van der Waals surface area contributed by atoms with Crippen LogP contribution in [0.25, 0.3) is 0 Å². The number of amides is 2. The van der Waals surface area contributed by atoms with Crippen molar-refractivity contribution in [3.05, 3.63) is 59.2 Å². The van der Waals surface area contributed by atoms with Crippen molar-refractivity contribution in [2.45, 2.75) is 45.6 Å². The number of ketones is 1. The quantitative estimate of drug-likeness (QED) is 0.701. The lowest BCUT2D eigenvalue weighted by molar-refractivity contribution is -0.132. The van der Waals surface area contributed by atoms with E-state index in [2.05, 4.69) is 0 Å². The minimum Gasteiger partial charge on any atom is -0.476 e. The number of piperidine rings is 1. The highest BCUT2D eigenvalue weighted by molar-refractivity contribution is 6.10. The zero-order chi connectivity index (χ0) is 22.2. The third kappa shape index (κ3) is 4.20. The average Bonchev–Trinajstić information content (AvgIpc) is 2.77. The number of hydrogen-bond donors (Lipinski definition) is 0. The molecule has 6 nitrogen and oxygen atoms in total. The van der Waals surface area contributed by atoms with Gasteiger partial charge in [-0.2, -0.15) is 0 Å². The van der Waals surface area contributed by atoms with Gasteiger partial charge in [0.1, 0.15) is 5.75 Å². The Kier molecular flexibility index (Phi) is 5.56. The van der Waals surface area contributed by atoms with Crippen LogP contribution in [-0.4, -0.2) is 47.7 Å². The van der Waals surface area contributed by atoms with Crippen LogP contribution in [0.4, 0.5) is 5.69 Å². The highest BCUT2D eigenvalue weighted by Crippen LogP contribution is 2.38. The zero-order valence-electron chi connectivity index (χ0n) is 18.3. The summed E-state index contributed by atoms with van der Waals surface area (Å²) < 4.78 is 5.92. The number of ether oxygens (including phenoxy) is 1. The van der Waals surface area contributed by atoms with Crippen LogP contribution in [-0.2, 0) is 4.79 Å². The molecule has 2 aliphatic rings. The van der Waals surface area contributed by atoms with Crippen LogP contribution >= 0.6 is 0 Å². The second-order valence-electron chi connectivity index (χ2n) is 8.83. The average molecular weight is 421 g/mol. The van der Waals surface area contributed by atoms with Crippen molar-refractivity contribution in [1.82, 2.24) is 4.90 Å². The molecule has 0 aliphatic carbocycles. The molecule has 1 fully saturated rings. The summed E-state index contributed by atoms with van der Waals surface area (Å²) in [5, 5.41) is 0. The summed E-state index contributed by atoms with van der Waals surface area (Å²) in [6.45, 7) is 6.72. The number of Topliss-reactive ketones (excluding diaryl/α,β-unsaturated/α-hetero) is 1. The second-order valence-corrected chi connectivity index (χ2v) is 8.83. The van der Waals surface area contributed by atoms with E-state index < -0.39 is 5.60 Å². The molecule has 31 heavy (non-hydrogen) atoms. The topological polar surface area (TPSA) is 66.9 Å². The number of anilines is 1. The molecular formula is C25H28N2O4. The van der Waals surface area contributed by atoms with E-state index in [0.717, 1.165) is 37.9 Å². The van der Waals surface area contributed by atoms with Crippen LogP contribution in [0.2, 0.25) is 0 Å². The first-order valence-corrected chi connectivity index (χ1v) is 10.8. The van der Waals surface area contributed by atoms with Gasteiger partial charge in [0.05, 0.1) is 12.2 Å². The number of carbonyl (C=O) groups is 3. The molecule has 0 bridgehead atoms. The van der Waals surface area contributed by atoms with Crippen molar-refractivity contribution in [3.63, 3.8) is 0 Å². The molecule has 0 atom stereocenters. The van der Waals surface area contributed by atoms with E-state index in [4.69, 9.17) is 4.74 Å². The summed E-state index contributed by atoms with van der Waals surface area (Å²) in [4.78, 5) is 42.4. The number of hydrogen-bond acceptors (Lipinski definition) is 4. The second kappa shape index (κ2) is 8.17. The van der Waals surface area contributed by atoms with Gasteiger partial charge in [0, 0.05) is 24.2 Å². The Labute approximate surface area is 182 Å². The van der Waals surface area contributed by atoms with Crippen LogP contribution in [0.15, 0.2) is 42.5 Å². The lowest BCUT2D eigenvalue weighted by Crippen LogP contribution is -2.54. The summed E-state index contributed by atoms with van der Waals surface area (Å²) in [6, 6.07) is 12.4. The predicted molar refractivity (Wildman–Crippen MR) is 119 cm³/mol. The standard InChI is InChI=1S/C25H28N2O4/c1-17-7-9-18(10-8-17)21(28)16-27-20-15-19(23(29)26-13-5-4-6-14-26)11-12-22(20)31-25(2,3)24(27)30/h7-12,15H,4-6,13-14,16H2,1-3H3. The monoisotopic (exact) mass is 420 g/mol. The van der Waals surface area contributed by atoms with Gasteiger partial charge in [-0.15, -0.1) is 0 Å². The molecule has 1 saturated heterocycles. The van der Waals surface area contributed by atoms with E-state index in [1.165, 1.54) is 4.90 Å². The van der Waals surface area contributed by atoms with E-state index >= 15 is 0 Å². The van der Waals surface area contributed by atoms with Gasteiger partial charge in [0.15, 0.2) is 11.4 Å². The van der Waals surface area contributed by atoms with Gasteiger partial charge in [0.2, 0.25) is 0 Å². The van der Waals surface area contributed by atoms with Gasteiger partial charge in [-0.1, -0.05) is 29.8 Å². The Morgan fingerprint density at radius 3 is 2.29 bits per heavy atom. The maximum Gasteiger partial charge on any atom is 0.271 e. The van der Waals surface area contributed by atoms with E-state index in [-0.39, 0.29) is 24.1 Å². The fraction of sp³-hybridized carbons (Fsp3) is 0.400. The highest BCUT2D eigenvalue weighted by atomic mass is 16.5. The first-order chi connectivity index (χ1) is 14.8. The van der Waals surface area contributed by atoms with Crippen LogP contribution in [0, 0.1) is 6.92 Å². The molecule has 0 radical (unpaired) electrons. The summed E-state index contributed by atoms with van der Waals surface area (Å²) >= 11 is 0. The van der Waals surface area contributed by atoms with Crippen LogP contribution in [0.3, 0.4) is 0 Å². The summed E-state index contributed by atoms with van der Waals surface area (Å²) in [5.74, 6) is -0.0195. The van der Waals surface area contributed by atoms with Gasteiger partial charge in [-0.25, -0.2) is 0 Å². The molecule has 0 saturated carbocycles. The third-order valence-electron chi connectivity index (χ3n) is 5.94. The van der Waals surface area contributed by atoms with E-state index in [9.17, 15) is 14.4 Å². The van der Waals surface area contributed by atoms with Crippen LogP contribution in [0.1, 0.15) is 59.4 Å². The fourth-order valence-corrected chi connectivity index (χ4v) is 4.11. The van der Waals surface area contributed by atoms with Gasteiger partial charge in [-0.05, 0) is 58.2 Å². The SMILES string of the molecule is Cc1ccc(C(=O)CN2C(=O)C(C)(C)Oc3ccc(C(=O)N4CCCCC4)cc32)cc1. The largest absolute Gasteiger partial charge is 0.476 e. The van der Waals surface area contributed by atoms with Crippen LogP contribution < -0.4 is 9.64 Å². The smallest absolute Gasteiger partial charge is 0.271 e. The van der Waals surface area contributed by atoms with Gasteiger partial charge >= 0.3 is 0 Å². The Balaban J connectivity index is 1.66. The lowest BCUT2D eigenvalue weighted by atomic mass is 10.0. The Morgan fingerprint density at radius 1 is 0.968 bits per heavy atom. The van der Waals surface area contributed by atoms with Gasteiger partial charge in [-0.3, -0.25) is 19.3 Å². The maximum absolute atomic E-state index is 13.2. The Hall–Kier alpha value is -3.15. The van der Waals surface area contributed by atoms with Gasteiger partial charge in [0.25, 0.3) is 11.8 Å². The minimum absolute atomic E-state index is 0.0513. The molecule has 4 rings (SSSR count). The van der Waals surface area contributed by atoms with Crippen molar-refractivity contribution >= 4 is 23.3 Å². The molecule has 0 unspecified atom stereocenters. The van der Waals surface area contributed by atoms with Gasteiger partial charge < -0.3 is 9.64 Å². The highest BCUT2D eigenvalue weighted by Gasteiger charge is 2.42. The molecule has 162 valence electrons. The van der Waals surface area contributed by atoms with Crippen molar-refractivity contribution in [3.8, 4) is 5.75 Å². The van der Waals surface area contributed by atoms with E-state index in [1.807, 2.05) is 24.0 Å². The third-order valence-corrected chi connectivity index (χ3v) is 5.94. The maximum atomic E-state index is 13.2. The lowest BCUT2D eigenvalue weighted by Gasteiger charge is -2.38. The molecule has 2 aliphatic heterocycles. The number of rotatable bonds is 4. The van der Waals surface area contributed by atoms with Crippen LogP contribution in [0.5, 0.6) is 5.75 Å². The number of likely N-dealkylation sites (tertiary alicyclic amines) is 1. The molecule has 2 aromatic carbocycles. The minimum atomic E-state index is -1.10. The molecule has 2 amide bonds. The number of benzene rings is 2. The molecule has 0 aromatic heterocycles. The summed E-state index contributed by atoms with van der Waals surface area (Å²) in [7, 11) is 0. The Morgan fingerprint density at radius 2 is 1.61 bits per heavy atom. The number of carbonyl (C=O) groups excluding carboxylic acids is 3. The van der Waals surface area contributed by atoms with Crippen molar-refractivity contribution in [2.24, 2.45) is 0 Å². The first kappa shape index (κ1) is 21.1. The fourth-order valence-electron chi connectivity index (χ4n) is 4.11. The zero-order valence-corrected chi connectivity index (χ0v) is 18.3. The van der Waals surface area contributed by atoms with E-state index in [1.54, 1.807) is 44.2 Å². The molecule has 2 aromatic rings. The predicted octanol–water partition coefficient (Wildman–Crippen LogP) is 4.01. The van der Waals surface area contributed by atoms with Crippen molar-refractivity contribution in [1.29, 1.82) is 0 Å². The number of fused-ring (bicyclic) bond motifs is 1. The summed E-state index contributed by atoms with van der Waals surface area (Å²) in [5.41, 5.74) is 1.48. The molecular weight excluding hydrogens is 392 g/mol. The van der Waals surface area contributed by atoms with Crippen molar-refractivity contribution < 1.29 is 19.1 Å². The number of aryl methyl sites for hydroxylation is 1. The Bertz CT molecular complexity index is 1020. The number of nitrogens with zero attached hydrogens (tertiary/aromatic N) is 2. The summed E-state index contributed by atoms with van der Waals surface area (Å²) in [6.07, 6.45) is 3.15. The first-order valence-electron chi connectivity index (χ1n) is 10.8. The normalized spacial score (nSPS) is 17.7. The molecule has 2 heterocycles. The van der Waals surface area contributed by atoms with E-state index in [0.29, 0.717) is 22.6 Å². The van der Waals surface area contributed by atoms with Crippen molar-refractivity contribution in [2.75, 3.05) is 24.5 Å². The molecule has 0 N–H and O–H groups in total.